The molecule has 8 nitrogen and oxygen atoms in total. The fraction of sp³-hybridized carbons (Fsp3) is 0.769. The van der Waals surface area contributed by atoms with Gasteiger partial charge in [0.15, 0.2) is 11.0 Å². The number of anilines is 1. The van der Waals surface area contributed by atoms with Crippen molar-refractivity contribution in [3.8, 4) is 0 Å². The summed E-state index contributed by atoms with van der Waals surface area (Å²) in [5.74, 6) is 0. The maximum atomic E-state index is 13.8. The van der Waals surface area contributed by atoms with E-state index in [2.05, 4.69) is 41.7 Å². The Balaban J connectivity index is 2.13. The number of fused-ring (bicyclic) bond motifs is 1. The first-order valence-corrected chi connectivity index (χ1v) is 15.2. The van der Waals surface area contributed by atoms with Gasteiger partial charge >= 0.3 is 0 Å². The number of likely N-dealkylation sites (N-methyl/N-ethyl adjacent to an activating group) is 1. The normalized spacial score (nSPS) is 12.1. The third-order valence-electron chi connectivity index (χ3n) is 6.39. The molecule has 0 unspecified atom stereocenters. The van der Waals surface area contributed by atoms with Gasteiger partial charge in [0.2, 0.25) is 10.0 Å². The van der Waals surface area contributed by atoms with Gasteiger partial charge in [0.1, 0.15) is 4.90 Å². The van der Waals surface area contributed by atoms with Crippen LogP contribution in [0.15, 0.2) is 21.7 Å². The van der Waals surface area contributed by atoms with Crippen molar-refractivity contribution in [2.45, 2.75) is 103 Å². The molecule has 2 rings (SSSR count). The predicted molar refractivity (Wildman–Crippen MR) is 144 cm³/mol. The van der Waals surface area contributed by atoms with E-state index in [-0.39, 0.29) is 4.90 Å². The summed E-state index contributed by atoms with van der Waals surface area (Å²) >= 11 is 0. The van der Waals surface area contributed by atoms with Crippen molar-refractivity contribution in [3.05, 3.63) is 12.1 Å². The predicted octanol–water partition coefficient (Wildman–Crippen LogP) is 5.96. The molecule has 1 aromatic carbocycles. The molecule has 1 aromatic heterocycles. The maximum absolute atomic E-state index is 13.8. The fourth-order valence-corrected chi connectivity index (χ4v) is 5.92. The molecular formula is C26H47N5O3S. The number of hydrogen-bond donors (Lipinski definition) is 2. The van der Waals surface area contributed by atoms with Crippen LogP contribution in [0.2, 0.25) is 0 Å². The van der Waals surface area contributed by atoms with Crippen LogP contribution in [0, 0.1) is 0 Å². The molecule has 35 heavy (non-hydrogen) atoms. The topological polar surface area (TPSA) is 100 Å². The molecule has 0 atom stereocenters. The lowest BCUT2D eigenvalue weighted by Gasteiger charge is -2.22. The van der Waals surface area contributed by atoms with Crippen molar-refractivity contribution in [1.82, 2.24) is 19.9 Å². The van der Waals surface area contributed by atoms with Gasteiger partial charge in [-0.3, -0.25) is 0 Å². The fourth-order valence-electron chi connectivity index (χ4n) is 4.29. The van der Waals surface area contributed by atoms with Gasteiger partial charge in [-0.1, -0.05) is 85.0 Å². The molecule has 2 aromatic rings. The molecule has 1 heterocycles. The number of nitrogens with zero attached hydrogens (tertiary/aromatic N) is 3. The summed E-state index contributed by atoms with van der Waals surface area (Å²) in [6.45, 7) is 9.94. The average molecular weight is 510 g/mol. The van der Waals surface area contributed by atoms with Crippen LogP contribution in [-0.4, -0.2) is 55.8 Å². The van der Waals surface area contributed by atoms with Crippen LogP contribution >= 0.6 is 0 Å². The first kappa shape index (κ1) is 29.5. The van der Waals surface area contributed by atoms with Crippen molar-refractivity contribution in [3.63, 3.8) is 0 Å². The summed E-state index contributed by atoms with van der Waals surface area (Å²) in [4.78, 5) is 0.183. The van der Waals surface area contributed by atoms with E-state index < -0.39 is 10.0 Å². The average Bonchev–Trinajstić information content (AvgIpc) is 3.34. The van der Waals surface area contributed by atoms with Crippen LogP contribution in [-0.2, 0) is 10.0 Å². The minimum absolute atomic E-state index is 0.183. The van der Waals surface area contributed by atoms with Gasteiger partial charge in [0.25, 0.3) is 0 Å². The second-order valence-electron chi connectivity index (χ2n) is 9.29. The number of nitrogens with one attached hydrogen (secondary N) is 2. The maximum Gasteiger partial charge on any atom is 0.245 e. The van der Waals surface area contributed by atoms with E-state index in [4.69, 9.17) is 4.63 Å². The highest BCUT2D eigenvalue weighted by Gasteiger charge is 2.28. The van der Waals surface area contributed by atoms with Gasteiger partial charge in [-0.25, -0.2) is 13.0 Å². The molecule has 0 radical (unpaired) electrons. The Bertz CT molecular complexity index is 916. The summed E-state index contributed by atoms with van der Waals surface area (Å²) in [6.07, 6.45) is 13.5. The zero-order chi connectivity index (χ0) is 25.4. The zero-order valence-corrected chi connectivity index (χ0v) is 23.0. The van der Waals surface area contributed by atoms with E-state index in [1.165, 1.54) is 38.5 Å². The first-order chi connectivity index (χ1) is 17.1. The SMILES string of the molecule is CCCCCCCCN(CCCCCCCC)S(=O)(=O)c1ccc(NCCNCC)c2nonc12. The number of aromatic nitrogens is 2. The number of unbranched alkanes of at least 4 members (excludes halogenated alkanes) is 10. The van der Waals surface area contributed by atoms with Crippen LogP contribution < -0.4 is 10.6 Å². The summed E-state index contributed by atoms with van der Waals surface area (Å²) in [5.41, 5.74) is 1.49. The highest BCUT2D eigenvalue weighted by Crippen LogP contribution is 2.29. The van der Waals surface area contributed by atoms with Gasteiger partial charge in [0, 0.05) is 26.2 Å². The molecule has 2 N–H and O–H groups in total. The Hall–Kier alpha value is -1.71. The number of sulfonamides is 1. The molecule has 0 spiro atoms. The van der Waals surface area contributed by atoms with E-state index in [0.29, 0.717) is 30.7 Å². The van der Waals surface area contributed by atoms with E-state index in [1.807, 2.05) is 0 Å². The Morgan fingerprint density at radius 1 is 0.771 bits per heavy atom. The molecule has 0 amide bonds. The van der Waals surface area contributed by atoms with Gasteiger partial charge in [-0.15, -0.1) is 0 Å². The molecule has 0 bridgehead atoms. The van der Waals surface area contributed by atoms with Gasteiger partial charge in [-0.05, 0) is 41.8 Å². The second kappa shape index (κ2) is 16.9. The molecule has 0 fully saturated rings. The number of rotatable bonds is 21. The molecule has 200 valence electrons. The quantitative estimate of drug-likeness (QED) is 0.200. The van der Waals surface area contributed by atoms with Crippen molar-refractivity contribution in [1.29, 1.82) is 0 Å². The van der Waals surface area contributed by atoms with Crippen molar-refractivity contribution in [2.75, 3.05) is 38.0 Å². The Morgan fingerprint density at radius 2 is 1.34 bits per heavy atom. The summed E-state index contributed by atoms with van der Waals surface area (Å²) in [5, 5.41) is 14.5. The standard InChI is InChI=1S/C26H47N5O3S/c1-4-7-9-11-13-15-21-31(22-16-14-12-10-8-5-2)35(32,33)24-18-17-23(28-20-19-27-6-3)25-26(24)30-34-29-25/h17-18,27-28H,4-16,19-22H2,1-3H3. The third kappa shape index (κ3) is 9.69. The molecular weight excluding hydrogens is 462 g/mol. The second-order valence-corrected chi connectivity index (χ2v) is 11.2. The third-order valence-corrected chi connectivity index (χ3v) is 8.32. The summed E-state index contributed by atoms with van der Waals surface area (Å²) in [6, 6.07) is 3.42. The summed E-state index contributed by atoms with van der Waals surface area (Å²) < 4.78 is 34.2. The highest BCUT2D eigenvalue weighted by molar-refractivity contribution is 7.89. The van der Waals surface area contributed by atoms with Gasteiger partial charge < -0.3 is 10.6 Å². The Labute approximate surface area is 212 Å². The van der Waals surface area contributed by atoms with Gasteiger partial charge in [0.05, 0.1) is 5.69 Å². The first-order valence-electron chi connectivity index (χ1n) is 13.8. The molecule has 0 saturated carbocycles. The minimum atomic E-state index is -3.71. The molecule has 9 heteroatoms. The number of benzene rings is 1. The van der Waals surface area contributed by atoms with Crippen molar-refractivity contribution < 1.29 is 13.0 Å². The van der Waals surface area contributed by atoms with E-state index in [0.717, 1.165) is 57.3 Å². The number of hydrogen-bond acceptors (Lipinski definition) is 7. The van der Waals surface area contributed by atoms with Crippen LogP contribution in [0.5, 0.6) is 0 Å². The molecule has 0 aliphatic carbocycles. The Morgan fingerprint density at radius 3 is 1.94 bits per heavy atom. The van der Waals surface area contributed by atoms with E-state index in [1.54, 1.807) is 16.4 Å². The minimum Gasteiger partial charge on any atom is -0.382 e. The van der Waals surface area contributed by atoms with E-state index in [9.17, 15) is 8.42 Å². The molecule has 0 aliphatic heterocycles. The summed E-state index contributed by atoms with van der Waals surface area (Å²) in [7, 11) is -3.71. The lowest BCUT2D eigenvalue weighted by molar-refractivity contribution is 0.315. The highest BCUT2D eigenvalue weighted by atomic mass is 32.2. The largest absolute Gasteiger partial charge is 0.382 e. The van der Waals surface area contributed by atoms with Crippen molar-refractivity contribution >= 4 is 26.7 Å². The van der Waals surface area contributed by atoms with Crippen LogP contribution in [0.4, 0.5) is 5.69 Å². The van der Waals surface area contributed by atoms with Crippen LogP contribution in [0.1, 0.15) is 97.8 Å². The van der Waals surface area contributed by atoms with Crippen LogP contribution in [0.25, 0.3) is 11.0 Å². The molecule has 0 saturated heterocycles. The monoisotopic (exact) mass is 509 g/mol. The van der Waals surface area contributed by atoms with Gasteiger partial charge in [-0.2, -0.15) is 4.31 Å². The zero-order valence-electron chi connectivity index (χ0n) is 22.2. The Kier molecular flexibility index (Phi) is 14.2. The van der Waals surface area contributed by atoms with E-state index >= 15 is 0 Å². The smallest absolute Gasteiger partial charge is 0.245 e. The molecule has 0 aliphatic rings. The lowest BCUT2D eigenvalue weighted by Crippen LogP contribution is -2.33. The van der Waals surface area contributed by atoms with Crippen molar-refractivity contribution in [2.24, 2.45) is 0 Å². The lowest BCUT2D eigenvalue weighted by atomic mass is 10.1. The van der Waals surface area contributed by atoms with Crippen LogP contribution in [0.3, 0.4) is 0 Å².